The minimum absolute atomic E-state index is 0. The average molecular weight is 649 g/mol. The normalized spacial score (nSPS) is 9.65. The largest absolute Gasteiger partial charge is 1.00 e. The molecule has 0 aromatic carbocycles. The summed E-state index contributed by atoms with van der Waals surface area (Å²) >= 11 is 11.9. The van der Waals surface area contributed by atoms with Gasteiger partial charge < -0.3 is 31.1 Å². The smallest absolute Gasteiger partial charge is 0.316 e. The van der Waals surface area contributed by atoms with Crippen molar-refractivity contribution in [1.82, 2.24) is 4.90 Å². The van der Waals surface area contributed by atoms with Gasteiger partial charge in [-0.25, -0.2) is 9.98 Å². The zero-order chi connectivity index (χ0) is 26.0. The fourth-order valence-electron chi connectivity index (χ4n) is 3.00. The molecule has 0 atom stereocenters. The lowest BCUT2D eigenvalue weighted by Gasteiger charge is -2.35. The lowest BCUT2D eigenvalue weighted by atomic mass is 10.2. The highest BCUT2D eigenvalue weighted by Gasteiger charge is 2.24. The van der Waals surface area contributed by atoms with Crippen LogP contribution >= 0.6 is 40.4 Å². The number of nitrogens with zero attached hydrogens (tertiary/aromatic N) is 4. The Kier molecular flexibility index (Phi) is 36.8. The highest BCUT2D eigenvalue weighted by Crippen LogP contribution is 2.08. The quantitative estimate of drug-likeness (QED) is 0.0635. The molecule has 0 amide bonds. The number of carbonyl (C=O) groups excluding carboxylic acids is 2. The Morgan fingerprint density at radius 3 is 1.79 bits per heavy atom. The minimum Gasteiger partial charge on any atom is -1.00 e. The molecule has 0 aromatic rings. The number of thiocarbonyl (C=S) groups is 2. The molecule has 0 spiro atoms. The van der Waals surface area contributed by atoms with Crippen LogP contribution in [0.4, 0.5) is 0 Å². The van der Waals surface area contributed by atoms with E-state index in [0.717, 1.165) is 69.7 Å². The first kappa shape index (κ1) is 40.8. The summed E-state index contributed by atoms with van der Waals surface area (Å²) in [5, 5.41) is 5.02. The second-order valence-electron chi connectivity index (χ2n) is 7.18. The van der Waals surface area contributed by atoms with E-state index in [1.54, 1.807) is 13.8 Å². The first-order valence-electron chi connectivity index (χ1n) is 11.6. The van der Waals surface area contributed by atoms with Crippen molar-refractivity contribution in [3.05, 3.63) is 0 Å². The molecule has 0 fully saturated rings. The number of alkyl halides is 1. The molecule has 0 unspecified atom stereocenters. The van der Waals surface area contributed by atoms with Crippen LogP contribution in [-0.4, -0.2) is 102 Å². The topological polar surface area (TPSA) is 71.3 Å². The van der Waals surface area contributed by atoms with Gasteiger partial charge in [-0.1, -0.05) is 29.8 Å². The molecule has 0 heterocycles. The lowest BCUT2D eigenvalue weighted by molar-refractivity contribution is -0.917. The minimum atomic E-state index is -0.206. The summed E-state index contributed by atoms with van der Waals surface area (Å²) in [5.41, 5.74) is 0. The molecule has 0 aliphatic carbocycles. The van der Waals surface area contributed by atoms with Gasteiger partial charge in [0.15, 0.2) is 5.78 Å². The summed E-state index contributed by atoms with van der Waals surface area (Å²) in [7, 11) is 0. The van der Waals surface area contributed by atoms with Crippen LogP contribution in [0, 0.1) is 0 Å². The standard InChI is InChI=1S/C11H21N2OS.C8H16N2S.C4H7BrO2.BrH/c1-4-13(5-2,9-11(3)14)8-6-7-12-10-15;1-3-10(4-2)7-5-6-9-8-11;1-2-7-4(6)3-5;/h4-9H2,1-3H3;3-7H2,1-2H3;2-3H2,1H3;1H/q+1;;;/p-1. The number of aliphatic imine (C=N–C) groups is 2. The van der Waals surface area contributed by atoms with Crippen molar-refractivity contribution in [2.75, 3.05) is 70.8 Å². The van der Waals surface area contributed by atoms with Crippen molar-refractivity contribution < 1.29 is 35.8 Å². The van der Waals surface area contributed by atoms with Crippen LogP contribution in [0.15, 0.2) is 9.98 Å². The molecule has 0 bridgehead atoms. The molecule has 0 saturated carbocycles. The molecule has 0 rings (SSSR count). The molecule has 200 valence electrons. The van der Waals surface area contributed by atoms with E-state index in [2.05, 4.69) is 98.0 Å². The molecule has 11 heteroatoms. The van der Waals surface area contributed by atoms with Gasteiger partial charge in [-0.05, 0) is 71.3 Å². The molecular formula is C23H44Br2N4O3S2. The Morgan fingerprint density at radius 2 is 1.47 bits per heavy atom. The predicted molar refractivity (Wildman–Crippen MR) is 149 cm³/mol. The van der Waals surface area contributed by atoms with Crippen LogP contribution in [0.5, 0.6) is 0 Å². The number of halogens is 2. The maximum atomic E-state index is 11.2. The second kappa shape index (κ2) is 30.7. The van der Waals surface area contributed by atoms with Crippen LogP contribution in [0.2, 0.25) is 0 Å². The number of carbonyl (C=O) groups is 2. The van der Waals surface area contributed by atoms with Crippen LogP contribution in [0.1, 0.15) is 54.4 Å². The van der Waals surface area contributed by atoms with Crippen molar-refractivity contribution >= 4 is 62.4 Å². The molecule has 34 heavy (non-hydrogen) atoms. The first-order valence-corrected chi connectivity index (χ1v) is 13.6. The number of rotatable bonds is 16. The molecule has 0 radical (unpaired) electrons. The van der Waals surface area contributed by atoms with Gasteiger partial charge in [-0.3, -0.25) is 9.59 Å². The Hall–Kier alpha value is -0.380. The van der Waals surface area contributed by atoms with Crippen molar-refractivity contribution in [2.45, 2.75) is 54.4 Å². The summed E-state index contributed by atoms with van der Waals surface area (Å²) < 4.78 is 5.37. The maximum Gasteiger partial charge on any atom is 0.316 e. The summed E-state index contributed by atoms with van der Waals surface area (Å²) in [6.07, 6.45) is 2.06. The van der Waals surface area contributed by atoms with Gasteiger partial charge in [0, 0.05) is 13.3 Å². The highest BCUT2D eigenvalue weighted by molar-refractivity contribution is 9.09. The van der Waals surface area contributed by atoms with Crippen molar-refractivity contribution in [1.29, 1.82) is 0 Å². The third-order valence-corrected chi connectivity index (χ3v) is 5.70. The van der Waals surface area contributed by atoms with Crippen LogP contribution in [-0.2, 0) is 14.3 Å². The summed E-state index contributed by atoms with van der Waals surface area (Å²) in [5.74, 6) is 0.0551. The fraction of sp³-hybridized carbons (Fsp3) is 0.826. The number of isothiocyanates is 2. The Morgan fingerprint density at radius 1 is 0.971 bits per heavy atom. The van der Waals surface area contributed by atoms with Crippen molar-refractivity contribution in [2.24, 2.45) is 9.98 Å². The maximum absolute atomic E-state index is 11.2. The molecule has 0 aromatic heterocycles. The monoisotopic (exact) mass is 646 g/mol. The van der Waals surface area contributed by atoms with E-state index in [0.29, 0.717) is 18.5 Å². The van der Waals surface area contributed by atoms with E-state index in [1.807, 2.05) is 0 Å². The zero-order valence-corrected chi connectivity index (χ0v) is 26.6. The summed E-state index contributed by atoms with van der Waals surface area (Å²) in [6.45, 7) is 21.0. The molecule has 0 aliphatic rings. The number of likely N-dealkylation sites (N-methyl/N-ethyl adjacent to an activating group) is 1. The van der Waals surface area contributed by atoms with Gasteiger partial charge in [-0.15, -0.1) is 0 Å². The number of hydrogen-bond donors (Lipinski definition) is 0. The van der Waals surface area contributed by atoms with Gasteiger partial charge in [0.05, 0.1) is 49.7 Å². The number of esters is 1. The van der Waals surface area contributed by atoms with E-state index in [-0.39, 0.29) is 28.7 Å². The van der Waals surface area contributed by atoms with Gasteiger partial charge in [0.25, 0.3) is 0 Å². The lowest BCUT2D eigenvalue weighted by Crippen LogP contribution is -3.00. The molecule has 0 N–H and O–H groups in total. The Labute approximate surface area is 237 Å². The van der Waals surface area contributed by atoms with Crippen LogP contribution < -0.4 is 17.0 Å². The summed E-state index contributed by atoms with van der Waals surface area (Å²) in [4.78, 5) is 31.5. The molecular weight excluding hydrogens is 604 g/mol. The third-order valence-electron chi connectivity index (χ3n) is 4.98. The number of ether oxygens (including phenoxy) is 1. The second-order valence-corrected chi connectivity index (χ2v) is 8.10. The average Bonchev–Trinajstić information content (AvgIpc) is 2.82. The zero-order valence-electron chi connectivity index (χ0n) is 21.8. The van der Waals surface area contributed by atoms with E-state index in [9.17, 15) is 9.59 Å². The van der Waals surface area contributed by atoms with E-state index in [1.165, 1.54) is 0 Å². The van der Waals surface area contributed by atoms with Crippen LogP contribution in [0.25, 0.3) is 0 Å². The molecule has 0 aliphatic heterocycles. The fourth-order valence-corrected chi connectivity index (χ4v) is 3.35. The van der Waals surface area contributed by atoms with E-state index < -0.39 is 0 Å². The predicted octanol–water partition coefficient (Wildman–Crippen LogP) is 1.69. The number of Topliss-reactive ketones (excluding diaryl/α,β-unsaturated/α-hetero) is 1. The Bertz CT molecular complexity index is 593. The SMILES string of the molecule is CCN(CC)CCCN=C=S.CCOC(=O)CBr.CC[N+](CC)(CCCN=C=S)CC(C)=O.[Br-]. The molecule has 0 saturated heterocycles. The van der Waals surface area contributed by atoms with Gasteiger partial charge in [0.1, 0.15) is 11.9 Å². The van der Waals surface area contributed by atoms with Gasteiger partial charge in [-0.2, -0.15) is 0 Å². The number of hydrogen-bond acceptors (Lipinski definition) is 8. The van der Waals surface area contributed by atoms with Crippen molar-refractivity contribution in [3.63, 3.8) is 0 Å². The van der Waals surface area contributed by atoms with Crippen molar-refractivity contribution in [3.8, 4) is 0 Å². The van der Waals surface area contributed by atoms with E-state index >= 15 is 0 Å². The highest BCUT2D eigenvalue weighted by atomic mass is 79.9. The first-order chi connectivity index (χ1) is 15.8. The Balaban J connectivity index is -0.000000209. The van der Waals surface area contributed by atoms with Gasteiger partial charge in [0.2, 0.25) is 0 Å². The summed E-state index contributed by atoms with van der Waals surface area (Å²) in [6, 6.07) is 0. The molecule has 7 nitrogen and oxygen atoms in total. The van der Waals surface area contributed by atoms with Crippen LogP contribution in [0.3, 0.4) is 0 Å². The van der Waals surface area contributed by atoms with E-state index in [4.69, 9.17) is 0 Å². The third kappa shape index (κ3) is 27.9. The van der Waals surface area contributed by atoms with Gasteiger partial charge >= 0.3 is 5.97 Å². The number of ketones is 1. The number of quaternary nitrogens is 1.